The Labute approximate surface area is 146 Å². The van der Waals surface area contributed by atoms with E-state index in [4.69, 9.17) is 0 Å². The number of aryl methyl sites for hydroxylation is 1. The van der Waals surface area contributed by atoms with Crippen molar-refractivity contribution < 1.29 is 9.59 Å². The first kappa shape index (κ1) is 16.0. The number of amides is 3. The van der Waals surface area contributed by atoms with E-state index in [1.807, 2.05) is 31.2 Å². The highest BCUT2D eigenvalue weighted by atomic mass is 16.2. The van der Waals surface area contributed by atoms with Crippen molar-refractivity contribution in [2.75, 3.05) is 0 Å². The summed E-state index contributed by atoms with van der Waals surface area (Å²) in [5.74, 6) is 0.497. The Balaban J connectivity index is 1.61. The van der Waals surface area contributed by atoms with Crippen LogP contribution in [0.3, 0.4) is 0 Å². The van der Waals surface area contributed by atoms with Gasteiger partial charge >= 0.3 is 6.03 Å². The summed E-state index contributed by atoms with van der Waals surface area (Å²) in [4.78, 5) is 35.9. The molecule has 1 spiro atoms. The molecule has 1 aromatic heterocycles. The number of urea groups is 1. The first-order valence-electron chi connectivity index (χ1n) is 8.85. The van der Waals surface area contributed by atoms with Gasteiger partial charge in [0.2, 0.25) is 0 Å². The predicted octanol–water partition coefficient (Wildman–Crippen LogP) is 2.94. The van der Waals surface area contributed by atoms with Crippen molar-refractivity contribution in [3.63, 3.8) is 0 Å². The molecule has 2 heterocycles. The summed E-state index contributed by atoms with van der Waals surface area (Å²) in [6, 6.07) is 7.31. The number of carbonyl (C=O) groups excluding carboxylic acids is 2. The van der Waals surface area contributed by atoms with Crippen LogP contribution in [0.2, 0.25) is 0 Å². The lowest BCUT2D eigenvalue weighted by atomic mass is 9.77. The molecular formula is C19H22N4O2. The Kier molecular flexibility index (Phi) is 3.71. The van der Waals surface area contributed by atoms with Crippen molar-refractivity contribution in [2.24, 2.45) is 5.92 Å². The molecular weight excluding hydrogens is 316 g/mol. The van der Waals surface area contributed by atoms with E-state index in [2.05, 4.69) is 22.2 Å². The zero-order valence-corrected chi connectivity index (χ0v) is 14.6. The molecule has 6 nitrogen and oxygen atoms in total. The summed E-state index contributed by atoms with van der Waals surface area (Å²) in [5, 5.41) is 2.96. The third-order valence-electron chi connectivity index (χ3n) is 5.52. The molecule has 4 rings (SSSR count). The lowest BCUT2D eigenvalue weighted by Crippen LogP contribution is -2.49. The van der Waals surface area contributed by atoms with Crippen LogP contribution in [0.4, 0.5) is 4.79 Å². The van der Waals surface area contributed by atoms with E-state index in [1.165, 1.54) is 4.90 Å². The molecule has 1 aromatic carbocycles. The van der Waals surface area contributed by atoms with Gasteiger partial charge in [-0.1, -0.05) is 19.1 Å². The van der Waals surface area contributed by atoms with Crippen LogP contribution in [0, 0.1) is 12.8 Å². The van der Waals surface area contributed by atoms with Gasteiger partial charge in [-0.3, -0.25) is 9.69 Å². The zero-order chi connectivity index (χ0) is 17.6. The Morgan fingerprint density at radius 1 is 1.16 bits per heavy atom. The minimum atomic E-state index is -0.707. The molecule has 6 heteroatoms. The molecule has 0 atom stereocenters. The van der Waals surface area contributed by atoms with Crippen molar-refractivity contribution in [1.82, 2.24) is 20.2 Å². The number of hydrogen-bond acceptors (Lipinski definition) is 4. The molecule has 0 radical (unpaired) electrons. The van der Waals surface area contributed by atoms with E-state index >= 15 is 0 Å². The van der Waals surface area contributed by atoms with Gasteiger partial charge in [0.25, 0.3) is 5.91 Å². The third-order valence-corrected chi connectivity index (χ3v) is 5.52. The van der Waals surface area contributed by atoms with Crippen molar-refractivity contribution in [3.05, 3.63) is 35.7 Å². The molecule has 2 aliphatic rings. The molecule has 0 unspecified atom stereocenters. The van der Waals surface area contributed by atoms with Crippen LogP contribution in [0.5, 0.6) is 0 Å². The molecule has 2 aromatic rings. The van der Waals surface area contributed by atoms with Crippen LogP contribution >= 0.6 is 0 Å². The SMILES string of the molecule is Cc1nc2ccccc2nc1CN1C(=O)NC2(CCC(C)CC2)C1=O. The highest BCUT2D eigenvalue weighted by Crippen LogP contribution is 2.36. The molecule has 2 fully saturated rings. The minimum absolute atomic E-state index is 0.112. The number of para-hydroxylation sites is 2. The maximum absolute atomic E-state index is 13.0. The Morgan fingerprint density at radius 3 is 2.48 bits per heavy atom. The van der Waals surface area contributed by atoms with Gasteiger partial charge in [0.05, 0.1) is 29.0 Å². The quantitative estimate of drug-likeness (QED) is 0.854. The first-order chi connectivity index (χ1) is 12.0. The van der Waals surface area contributed by atoms with Crippen molar-refractivity contribution >= 4 is 23.0 Å². The Bertz CT molecular complexity index is 856. The number of benzene rings is 1. The van der Waals surface area contributed by atoms with Crippen molar-refractivity contribution in [3.8, 4) is 0 Å². The molecule has 130 valence electrons. The number of fused-ring (bicyclic) bond motifs is 1. The normalized spacial score (nSPS) is 26.5. The monoisotopic (exact) mass is 338 g/mol. The van der Waals surface area contributed by atoms with E-state index in [1.54, 1.807) is 0 Å². The summed E-state index contributed by atoms with van der Waals surface area (Å²) in [6.45, 7) is 4.23. The first-order valence-corrected chi connectivity index (χ1v) is 8.85. The van der Waals surface area contributed by atoms with Crippen LogP contribution in [0.25, 0.3) is 11.0 Å². The molecule has 0 bridgehead atoms. The molecule has 3 amide bonds. The molecule has 1 saturated carbocycles. The second kappa shape index (κ2) is 5.79. The molecule has 1 N–H and O–H groups in total. The van der Waals surface area contributed by atoms with Gasteiger partial charge in [-0.15, -0.1) is 0 Å². The summed E-state index contributed by atoms with van der Waals surface area (Å²) < 4.78 is 0. The predicted molar refractivity (Wildman–Crippen MR) is 93.7 cm³/mol. The van der Waals surface area contributed by atoms with Crippen LogP contribution in [0.1, 0.15) is 44.0 Å². The van der Waals surface area contributed by atoms with Crippen molar-refractivity contribution in [1.29, 1.82) is 0 Å². The largest absolute Gasteiger partial charge is 0.325 e. The van der Waals surface area contributed by atoms with E-state index in [-0.39, 0.29) is 18.5 Å². The average molecular weight is 338 g/mol. The van der Waals surface area contributed by atoms with Gasteiger partial charge in [-0.25, -0.2) is 14.8 Å². The highest BCUT2D eigenvalue weighted by molar-refractivity contribution is 6.07. The zero-order valence-electron chi connectivity index (χ0n) is 14.6. The van der Waals surface area contributed by atoms with E-state index < -0.39 is 5.54 Å². The fourth-order valence-corrected chi connectivity index (χ4v) is 3.84. The van der Waals surface area contributed by atoms with E-state index in [9.17, 15) is 9.59 Å². The van der Waals surface area contributed by atoms with Crippen LogP contribution < -0.4 is 5.32 Å². The lowest BCUT2D eigenvalue weighted by Gasteiger charge is -2.33. The third kappa shape index (κ3) is 2.65. The van der Waals surface area contributed by atoms with E-state index in [0.717, 1.165) is 42.4 Å². The van der Waals surface area contributed by atoms with Gasteiger partial charge in [0.15, 0.2) is 0 Å². The summed E-state index contributed by atoms with van der Waals surface area (Å²) >= 11 is 0. The lowest BCUT2D eigenvalue weighted by molar-refractivity contribution is -0.133. The molecule has 1 aliphatic heterocycles. The number of nitrogens with one attached hydrogen (secondary N) is 1. The standard InChI is InChI=1S/C19H22N4O2/c1-12-7-9-19(10-8-12)17(24)23(18(25)22-19)11-16-13(2)20-14-5-3-4-6-15(14)21-16/h3-6,12H,7-11H2,1-2H3,(H,22,25). The van der Waals surface area contributed by atoms with Crippen LogP contribution in [-0.2, 0) is 11.3 Å². The Morgan fingerprint density at radius 2 is 1.80 bits per heavy atom. The highest BCUT2D eigenvalue weighted by Gasteiger charge is 2.52. The summed E-state index contributed by atoms with van der Waals surface area (Å²) in [6.07, 6.45) is 3.37. The number of rotatable bonds is 2. The molecule has 1 saturated heterocycles. The maximum atomic E-state index is 13.0. The topological polar surface area (TPSA) is 75.2 Å². The van der Waals surface area contributed by atoms with Gasteiger partial charge in [0, 0.05) is 0 Å². The number of imide groups is 1. The number of aromatic nitrogens is 2. The smallest absolute Gasteiger partial charge is 0.323 e. The second-order valence-electron chi connectivity index (χ2n) is 7.33. The van der Waals surface area contributed by atoms with Crippen LogP contribution in [-0.4, -0.2) is 32.3 Å². The average Bonchev–Trinajstić information content (AvgIpc) is 2.82. The fraction of sp³-hybridized carbons (Fsp3) is 0.474. The van der Waals surface area contributed by atoms with Gasteiger partial charge in [-0.05, 0) is 50.7 Å². The van der Waals surface area contributed by atoms with E-state index in [0.29, 0.717) is 11.6 Å². The van der Waals surface area contributed by atoms with Gasteiger partial charge in [-0.2, -0.15) is 0 Å². The summed E-state index contributed by atoms with van der Waals surface area (Å²) in [7, 11) is 0. The Hall–Kier alpha value is -2.50. The fourth-order valence-electron chi connectivity index (χ4n) is 3.84. The van der Waals surface area contributed by atoms with Crippen LogP contribution in [0.15, 0.2) is 24.3 Å². The van der Waals surface area contributed by atoms with Gasteiger partial charge < -0.3 is 5.32 Å². The van der Waals surface area contributed by atoms with Gasteiger partial charge in [0.1, 0.15) is 5.54 Å². The van der Waals surface area contributed by atoms with Crippen molar-refractivity contribution in [2.45, 2.75) is 51.6 Å². The summed E-state index contributed by atoms with van der Waals surface area (Å²) in [5.41, 5.74) is 2.30. The minimum Gasteiger partial charge on any atom is -0.323 e. The maximum Gasteiger partial charge on any atom is 0.325 e. The molecule has 1 aliphatic carbocycles. The number of carbonyl (C=O) groups is 2. The number of hydrogen-bond donors (Lipinski definition) is 1. The number of nitrogens with zero attached hydrogens (tertiary/aromatic N) is 3. The second-order valence-corrected chi connectivity index (χ2v) is 7.33. The molecule has 25 heavy (non-hydrogen) atoms.